The van der Waals surface area contributed by atoms with Crippen LogP contribution in [0.25, 0.3) is 0 Å². The van der Waals surface area contributed by atoms with Gasteiger partial charge in [0.2, 0.25) is 0 Å². The maximum atomic E-state index is 12.3. The van der Waals surface area contributed by atoms with E-state index in [1.165, 1.54) is 6.20 Å². The van der Waals surface area contributed by atoms with Crippen molar-refractivity contribution < 1.29 is 4.79 Å². The topological polar surface area (TPSA) is 72.7 Å². The summed E-state index contributed by atoms with van der Waals surface area (Å²) in [4.78, 5) is 25.2. The minimum atomic E-state index is -0.165. The molecule has 0 spiro atoms. The van der Waals surface area contributed by atoms with E-state index in [-0.39, 0.29) is 17.4 Å². The van der Waals surface area contributed by atoms with Gasteiger partial charge < -0.3 is 9.88 Å². The Hall–Kier alpha value is -2.24. The molecule has 0 aromatic carbocycles. The zero-order valence-electron chi connectivity index (χ0n) is 14.1. The van der Waals surface area contributed by atoms with Crippen LogP contribution in [-0.2, 0) is 18.4 Å². The van der Waals surface area contributed by atoms with Crippen molar-refractivity contribution in [3.63, 3.8) is 0 Å². The fraction of sp³-hybridized carbons (Fsp3) is 0.529. The van der Waals surface area contributed by atoms with Crippen molar-refractivity contribution in [1.82, 2.24) is 24.8 Å². The fourth-order valence-corrected chi connectivity index (χ4v) is 2.69. The highest BCUT2D eigenvalue weighted by atomic mass is 16.1. The SMILES string of the molecule is Cc1cnc(C(=O)N[C@@H]2CCc3nc(C(C)(C)C)cn3C2)cn1. The molecule has 23 heavy (non-hydrogen) atoms. The molecule has 0 fully saturated rings. The number of carbonyl (C=O) groups excluding carboxylic acids is 1. The number of hydrogen-bond donors (Lipinski definition) is 1. The molecule has 1 atom stereocenters. The van der Waals surface area contributed by atoms with Crippen molar-refractivity contribution in [3.05, 3.63) is 41.5 Å². The lowest BCUT2D eigenvalue weighted by Crippen LogP contribution is -2.41. The number of imidazole rings is 1. The van der Waals surface area contributed by atoms with Gasteiger partial charge in [0, 0.05) is 36.8 Å². The van der Waals surface area contributed by atoms with Gasteiger partial charge in [-0.2, -0.15) is 0 Å². The quantitative estimate of drug-likeness (QED) is 0.920. The van der Waals surface area contributed by atoms with Gasteiger partial charge in [0.1, 0.15) is 11.5 Å². The third kappa shape index (κ3) is 3.41. The molecule has 3 heterocycles. The number of aromatic nitrogens is 4. The Balaban J connectivity index is 1.69. The Bertz CT molecular complexity index is 712. The molecule has 0 saturated heterocycles. The van der Waals surface area contributed by atoms with Crippen molar-refractivity contribution in [1.29, 1.82) is 0 Å². The van der Waals surface area contributed by atoms with Gasteiger partial charge >= 0.3 is 0 Å². The van der Waals surface area contributed by atoms with Crippen LogP contribution in [-0.4, -0.2) is 31.5 Å². The van der Waals surface area contributed by atoms with E-state index in [1.54, 1.807) is 6.20 Å². The first-order valence-corrected chi connectivity index (χ1v) is 7.99. The third-order valence-corrected chi connectivity index (χ3v) is 4.11. The second-order valence-corrected chi connectivity index (χ2v) is 7.20. The van der Waals surface area contributed by atoms with Crippen LogP contribution in [0, 0.1) is 6.92 Å². The van der Waals surface area contributed by atoms with Gasteiger partial charge in [0.25, 0.3) is 5.91 Å². The lowest BCUT2D eigenvalue weighted by atomic mass is 9.93. The van der Waals surface area contributed by atoms with Crippen LogP contribution >= 0.6 is 0 Å². The molecule has 0 unspecified atom stereocenters. The van der Waals surface area contributed by atoms with E-state index in [1.807, 2.05) is 6.92 Å². The Morgan fingerprint density at radius 2 is 2.09 bits per heavy atom. The zero-order chi connectivity index (χ0) is 16.6. The molecule has 2 aromatic rings. The van der Waals surface area contributed by atoms with E-state index in [9.17, 15) is 4.79 Å². The number of carbonyl (C=O) groups is 1. The van der Waals surface area contributed by atoms with Crippen molar-refractivity contribution >= 4 is 5.91 Å². The van der Waals surface area contributed by atoms with Gasteiger partial charge in [-0.05, 0) is 13.3 Å². The van der Waals surface area contributed by atoms with E-state index in [0.29, 0.717) is 5.69 Å². The Kier molecular flexibility index (Phi) is 3.92. The number of hydrogen-bond acceptors (Lipinski definition) is 4. The summed E-state index contributed by atoms with van der Waals surface area (Å²) in [6.07, 6.45) is 7.01. The van der Waals surface area contributed by atoms with Gasteiger partial charge in [-0.15, -0.1) is 0 Å². The highest BCUT2D eigenvalue weighted by Crippen LogP contribution is 2.24. The van der Waals surface area contributed by atoms with E-state index >= 15 is 0 Å². The molecule has 1 amide bonds. The minimum absolute atomic E-state index is 0.0422. The molecule has 6 heteroatoms. The number of rotatable bonds is 2. The van der Waals surface area contributed by atoms with Gasteiger partial charge in [-0.1, -0.05) is 20.8 Å². The molecular weight excluding hydrogens is 290 g/mol. The average Bonchev–Trinajstić information content (AvgIpc) is 2.91. The van der Waals surface area contributed by atoms with Gasteiger partial charge in [0.15, 0.2) is 0 Å². The average molecular weight is 313 g/mol. The molecule has 2 aromatic heterocycles. The molecule has 6 nitrogen and oxygen atoms in total. The van der Waals surface area contributed by atoms with Crippen molar-refractivity contribution in [3.8, 4) is 0 Å². The van der Waals surface area contributed by atoms with Gasteiger partial charge in [-0.25, -0.2) is 9.97 Å². The summed E-state index contributed by atoms with van der Waals surface area (Å²) >= 11 is 0. The van der Waals surface area contributed by atoms with Crippen LogP contribution < -0.4 is 5.32 Å². The highest BCUT2D eigenvalue weighted by molar-refractivity contribution is 5.92. The maximum absolute atomic E-state index is 12.3. The summed E-state index contributed by atoms with van der Waals surface area (Å²) in [6, 6.07) is 0.0973. The van der Waals surface area contributed by atoms with Crippen LogP contribution in [0.4, 0.5) is 0 Å². The summed E-state index contributed by atoms with van der Waals surface area (Å²) in [5.74, 6) is 0.942. The van der Waals surface area contributed by atoms with E-state index < -0.39 is 0 Å². The summed E-state index contributed by atoms with van der Waals surface area (Å²) in [6.45, 7) is 9.09. The minimum Gasteiger partial charge on any atom is -0.346 e. The molecule has 0 radical (unpaired) electrons. The van der Waals surface area contributed by atoms with Crippen LogP contribution in [0.2, 0.25) is 0 Å². The Labute approximate surface area is 136 Å². The van der Waals surface area contributed by atoms with E-state index in [4.69, 9.17) is 4.98 Å². The van der Waals surface area contributed by atoms with Crippen molar-refractivity contribution in [2.24, 2.45) is 0 Å². The fourth-order valence-electron chi connectivity index (χ4n) is 2.69. The third-order valence-electron chi connectivity index (χ3n) is 4.11. The summed E-state index contributed by atoms with van der Waals surface area (Å²) in [5, 5.41) is 3.05. The molecule has 122 valence electrons. The van der Waals surface area contributed by atoms with Crippen LogP contribution in [0.3, 0.4) is 0 Å². The predicted molar refractivity (Wildman–Crippen MR) is 87.3 cm³/mol. The predicted octanol–water partition coefficient (Wildman–Crippen LogP) is 2.02. The Morgan fingerprint density at radius 3 is 2.74 bits per heavy atom. The van der Waals surface area contributed by atoms with Crippen LogP contribution in [0.5, 0.6) is 0 Å². The second kappa shape index (κ2) is 5.76. The number of aryl methyl sites for hydroxylation is 2. The summed E-state index contributed by atoms with van der Waals surface area (Å²) in [7, 11) is 0. The number of nitrogens with one attached hydrogen (secondary N) is 1. The number of fused-ring (bicyclic) bond motifs is 1. The largest absolute Gasteiger partial charge is 0.346 e. The molecular formula is C17H23N5O. The maximum Gasteiger partial charge on any atom is 0.271 e. The first-order valence-electron chi connectivity index (χ1n) is 7.99. The van der Waals surface area contributed by atoms with Gasteiger partial charge in [-0.3, -0.25) is 9.78 Å². The molecule has 0 saturated carbocycles. The lowest BCUT2D eigenvalue weighted by molar-refractivity contribution is 0.0922. The van der Waals surface area contributed by atoms with E-state index in [2.05, 4.69) is 46.8 Å². The molecule has 1 aliphatic rings. The summed E-state index contributed by atoms with van der Waals surface area (Å²) in [5.41, 5.74) is 2.31. The first-order chi connectivity index (χ1) is 10.8. The lowest BCUT2D eigenvalue weighted by Gasteiger charge is -2.24. The number of nitrogens with zero attached hydrogens (tertiary/aromatic N) is 4. The molecule has 0 aliphatic carbocycles. The van der Waals surface area contributed by atoms with E-state index in [0.717, 1.165) is 36.6 Å². The molecule has 0 bridgehead atoms. The van der Waals surface area contributed by atoms with Gasteiger partial charge in [0.05, 0.1) is 17.6 Å². The zero-order valence-corrected chi connectivity index (χ0v) is 14.1. The highest BCUT2D eigenvalue weighted by Gasteiger charge is 2.25. The van der Waals surface area contributed by atoms with Crippen LogP contribution in [0.1, 0.15) is 54.9 Å². The first kappa shape index (κ1) is 15.6. The van der Waals surface area contributed by atoms with Crippen molar-refractivity contribution in [2.45, 2.75) is 58.5 Å². The molecule has 1 aliphatic heterocycles. The van der Waals surface area contributed by atoms with Crippen LogP contribution in [0.15, 0.2) is 18.6 Å². The Morgan fingerprint density at radius 1 is 1.30 bits per heavy atom. The molecule has 3 rings (SSSR count). The molecule has 1 N–H and O–H groups in total. The smallest absolute Gasteiger partial charge is 0.271 e. The normalized spacial score (nSPS) is 17.7. The number of amides is 1. The van der Waals surface area contributed by atoms with Crippen molar-refractivity contribution in [2.75, 3.05) is 0 Å². The summed E-state index contributed by atoms with van der Waals surface area (Å²) < 4.78 is 2.16. The second-order valence-electron chi connectivity index (χ2n) is 7.20. The standard InChI is InChI=1S/C17H23N5O/c1-11-7-19-13(8-18-11)16(23)20-12-5-6-15-21-14(17(2,3)4)10-22(15)9-12/h7-8,10,12H,5-6,9H2,1-4H3,(H,20,23)/t12-/m1/s1. The monoisotopic (exact) mass is 313 g/mol.